The van der Waals surface area contributed by atoms with Gasteiger partial charge < -0.3 is 5.11 Å². The number of amides is 1. The molecule has 92 valence electrons. The molecule has 1 aliphatic heterocycles. The number of hydrogen-bond donors (Lipinski definition) is 1. The number of carbonyl (C=O) groups excluding carboxylic acids is 1. The van der Waals surface area contributed by atoms with Gasteiger partial charge in [0.1, 0.15) is 0 Å². The molecule has 2 aromatic rings. The van der Waals surface area contributed by atoms with Gasteiger partial charge in [-0.25, -0.2) is 9.97 Å². The van der Waals surface area contributed by atoms with Crippen molar-refractivity contribution in [3.63, 3.8) is 0 Å². The monoisotopic (exact) mass is 243 g/mol. The summed E-state index contributed by atoms with van der Waals surface area (Å²) in [7, 11) is 0. The third-order valence-corrected chi connectivity index (χ3v) is 3.18. The summed E-state index contributed by atoms with van der Waals surface area (Å²) in [5, 5.41) is 10.1. The Morgan fingerprint density at radius 2 is 2.22 bits per heavy atom. The normalized spacial score (nSPS) is 19.7. The van der Waals surface area contributed by atoms with Crippen molar-refractivity contribution in [2.45, 2.75) is 6.42 Å². The van der Waals surface area contributed by atoms with Crippen molar-refractivity contribution in [1.29, 1.82) is 0 Å². The Labute approximate surface area is 104 Å². The summed E-state index contributed by atoms with van der Waals surface area (Å²) in [6.07, 6.45) is 2.09. The van der Waals surface area contributed by atoms with E-state index >= 15 is 0 Å². The van der Waals surface area contributed by atoms with Crippen LogP contribution in [0.3, 0.4) is 0 Å². The highest BCUT2D eigenvalue weighted by molar-refractivity contribution is 5.94. The minimum atomic E-state index is -0.0238. The van der Waals surface area contributed by atoms with Gasteiger partial charge >= 0.3 is 0 Å². The van der Waals surface area contributed by atoms with Crippen molar-refractivity contribution in [1.82, 2.24) is 9.97 Å². The maximum atomic E-state index is 11.8. The van der Waals surface area contributed by atoms with E-state index in [1.165, 1.54) is 0 Å². The molecule has 3 rings (SSSR count). The first-order valence-electron chi connectivity index (χ1n) is 5.91. The zero-order valence-corrected chi connectivity index (χ0v) is 9.78. The Morgan fingerprint density at radius 3 is 3.00 bits per heavy atom. The molecule has 1 atom stereocenters. The van der Waals surface area contributed by atoms with Gasteiger partial charge in [-0.15, -0.1) is 0 Å². The fraction of sp³-hybridized carbons (Fsp3) is 0.308. The highest BCUT2D eigenvalue weighted by atomic mass is 16.3. The molecule has 1 aromatic heterocycles. The fourth-order valence-corrected chi connectivity index (χ4v) is 2.19. The van der Waals surface area contributed by atoms with Crippen LogP contribution in [-0.4, -0.2) is 34.1 Å². The lowest BCUT2D eigenvalue weighted by Gasteiger charge is -2.14. The molecule has 5 nitrogen and oxygen atoms in total. The summed E-state index contributed by atoms with van der Waals surface area (Å²) in [6.45, 7) is 0.517. The van der Waals surface area contributed by atoms with E-state index in [-0.39, 0.29) is 18.4 Å². The van der Waals surface area contributed by atoms with Crippen molar-refractivity contribution < 1.29 is 9.90 Å². The SMILES string of the molecule is O=C1CC(CO)CN1c1ncc2ccccc2n1. The first-order valence-corrected chi connectivity index (χ1v) is 5.91. The minimum Gasteiger partial charge on any atom is -0.396 e. The molecule has 1 saturated heterocycles. The molecule has 0 aliphatic carbocycles. The Morgan fingerprint density at radius 1 is 1.39 bits per heavy atom. The third-order valence-electron chi connectivity index (χ3n) is 3.18. The lowest BCUT2D eigenvalue weighted by Crippen LogP contribution is -2.26. The number of aliphatic hydroxyl groups excluding tert-OH is 1. The molecular formula is C13H13N3O2. The Balaban J connectivity index is 1.97. The standard InChI is InChI=1S/C13H13N3O2/c17-8-9-5-12(18)16(7-9)13-14-6-10-3-1-2-4-11(10)15-13/h1-4,6,9,17H,5,7-8H2. The summed E-state index contributed by atoms with van der Waals surface area (Å²) in [4.78, 5) is 22.0. The van der Waals surface area contributed by atoms with Crippen LogP contribution in [0, 0.1) is 5.92 Å². The van der Waals surface area contributed by atoms with E-state index in [9.17, 15) is 4.79 Å². The van der Waals surface area contributed by atoms with E-state index in [0.29, 0.717) is 18.9 Å². The van der Waals surface area contributed by atoms with Gasteiger partial charge in [-0.05, 0) is 6.07 Å². The van der Waals surface area contributed by atoms with E-state index in [1.807, 2.05) is 24.3 Å². The van der Waals surface area contributed by atoms with E-state index < -0.39 is 0 Å². The molecule has 0 bridgehead atoms. The molecule has 2 heterocycles. The van der Waals surface area contributed by atoms with Crippen molar-refractivity contribution in [2.75, 3.05) is 18.1 Å². The Kier molecular flexibility index (Phi) is 2.68. The quantitative estimate of drug-likeness (QED) is 0.853. The number of para-hydroxylation sites is 1. The van der Waals surface area contributed by atoms with Gasteiger partial charge in [0.2, 0.25) is 11.9 Å². The molecule has 0 saturated carbocycles. The van der Waals surface area contributed by atoms with Gasteiger partial charge in [-0.3, -0.25) is 9.69 Å². The topological polar surface area (TPSA) is 66.3 Å². The van der Waals surface area contributed by atoms with Crippen molar-refractivity contribution in [2.24, 2.45) is 5.92 Å². The predicted octanol–water partition coefficient (Wildman–Crippen LogP) is 0.975. The van der Waals surface area contributed by atoms with Gasteiger partial charge in [0, 0.05) is 37.1 Å². The van der Waals surface area contributed by atoms with Gasteiger partial charge in [0.25, 0.3) is 0 Å². The molecule has 5 heteroatoms. The van der Waals surface area contributed by atoms with Crippen molar-refractivity contribution in [3.05, 3.63) is 30.5 Å². The number of fused-ring (bicyclic) bond motifs is 1. The lowest BCUT2D eigenvalue weighted by molar-refractivity contribution is -0.117. The average Bonchev–Trinajstić information content (AvgIpc) is 2.79. The maximum Gasteiger partial charge on any atom is 0.232 e. The van der Waals surface area contributed by atoms with Gasteiger partial charge in [0.05, 0.1) is 5.52 Å². The Hall–Kier alpha value is -2.01. The highest BCUT2D eigenvalue weighted by Crippen LogP contribution is 2.23. The van der Waals surface area contributed by atoms with Crippen LogP contribution < -0.4 is 4.90 Å². The van der Waals surface area contributed by atoms with Crippen LogP contribution in [0.2, 0.25) is 0 Å². The summed E-state index contributed by atoms with van der Waals surface area (Å²) in [6, 6.07) is 7.65. The molecule has 0 spiro atoms. The van der Waals surface area contributed by atoms with Crippen LogP contribution in [0.5, 0.6) is 0 Å². The molecular weight excluding hydrogens is 230 g/mol. The summed E-state index contributed by atoms with van der Waals surface area (Å²) >= 11 is 0. The average molecular weight is 243 g/mol. The van der Waals surface area contributed by atoms with Gasteiger partial charge in [0.15, 0.2) is 0 Å². The van der Waals surface area contributed by atoms with Crippen molar-refractivity contribution in [3.8, 4) is 0 Å². The smallest absolute Gasteiger partial charge is 0.232 e. The first kappa shape index (κ1) is 11.1. The summed E-state index contributed by atoms with van der Waals surface area (Å²) in [5.74, 6) is 0.395. The number of benzene rings is 1. The zero-order valence-electron chi connectivity index (χ0n) is 9.78. The largest absolute Gasteiger partial charge is 0.396 e. The second-order valence-electron chi connectivity index (χ2n) is 4.49. The molecule has 1 amide bonds. The zero-order chi connectivity index (χ0) is 12.5. The second kappa shape index (κ2) is 4.34. The molecule has 0 radical (unpaired) electrons. The number of nitrogens with zero attached hydrogens (tertiary/aromatic N) is 3. The van der Waals surface area contributed by atoms with Crippen molar-refractivity contribution >= 4 is 22.8 Å². The first-order chi connectivity index (χ1) is 8.78. The third kappa shape index (κ3) is 1.82. The lowest BCUT2D eigenvalue weighted by atomic mass is 10.1. The summed E-state index contributed by atoms with van der Waals surface area (Å²) in [5.41, 5.74) is 0.822. The number of hydrogen-bond acceptors (Lipinski definition) is 4. The Bertz CT molecular complexity index is 600. The second-order valence-corrected chi connectivity index (χ2v) is 4.49. The number of carbonyl (C=O) groups is 1. The van der Waals surface area contributed by atoms with Gasteiger partial charge in [-0.1, -0.05) is 18.2 Å². The fourth-order valence-electron chi connectivity index (χ4n) is 2.19. The minimum absolute atomic E-state index is 0.00688. The van der Waals surface area contributed by atoms with Crippen LogP contribution in [0.1, 0.15) is 6.42 Å². The van der Waals surface area contributed by atoms with E-state index in [4.69, 9.17) is 5.11 Å². The van der Waals surface area contributed by atoms with Gasteiger partial charge in [-0.2, -0.15) is 0 Å². The van der Waals surface area contributed by atoms with Crippen LogP contribution >= 0.6 is 0 Å². The number of aliphatic hydroxyl groups is 1. The van der Waals surface area contributed by atoms with Crippen LogP contribution in [0.25, 0.3) is 10.9 Å². The van der Waals surface area contributed by atoms with Crippen LogP contribution in [0.4, 0.5) is 5.95 Å². The predicted molar refractivity (Wildman–Crippen MR) is 67.1 cm³/mol. The van der Waals surface area contributed by atoms with Crippen LogP contribution in [-0.2, 0) is 4.79 Å². The van der Waals surface area contributed by atoms with E-state index in [1.54, 1.807) is 11.1 Å². The van der Waals surface area contributed by atoms with E-state index in [2.05, 4.69) is 9.97 Å². The van der Waals surface area contributed by atoms with Crippen LogP contribution in [0.15, 0.2) is 30.5 Å². The van der Waals surface area contributed by atoms with E-state index in [0.717, 1.165) is 10.9 Å². The molecule has 1 aromatic carbocycles. The maximum absolute atomic E-state index is 11.8. The summed E-state index contributed by atoms with van der Waals surface area (Å²) < 4.78 is 0. The molecule has 1 fully saturated rings. The molecule has 1 N–H and O–H groups in total. The molecule has 18 heavy (non-hydrogen) atoms. The number of rotatable bonds is 2. The molecule has 1 aliphatic rings. The highest BCUT2D eigenvalue weighted by Gasteiger charge is 2.31. The number of anilines is 1. The number of aromatic nitrogens is 2. The molecule has 1 unspecified atom stereocenters.